The number of amides is 3. The molecule has 5 rings (SSSR count). The summed E-state index contributed by atoms with van der Waals surface area (Å²) in [6.07, 6.45) is 1.73. The van der Waals surface area contributed by atoms with Crippen LogP contribution in [-0.2, 0) is 17.8 Å². The number of para-hydroxylation sites is 1. The lowest BCUT2D eigenvalue weighted by atomic mass is 9.96. The molecule has 3 aromatic carbocycles. The highest BCUT2D eigenvalue weighted by Gasteiger charge is 2.30. The van der Waals surface area contributed by atoms with Gasteiger partial charge in [0.2, 0.25) is 5.91 Å². The predicted octanol–water partition coefficient (Wildman–Crippen LogP) is 5.07. The number of rotatable bonds is 7. The Morgan fingerprint density at radius 2 is 1.68 bits per heavy atom. The molecular formula is C31H25Cl3N4O6. The van der Waals surface area contributed by atoms with Crippen molar-refractivity contribution in [2.45, 2.75) is 25.9 Å². The minimum atomic E-state index is -1.52. The van der Waals surface area contributed by atoms with Gasteiger partial charge in [-0.15, -0.1) is 0 Å². The quantitative estimate of drug-likeness (QED) is 0.254. The third-order valence-corrected chi connectivity index (χ3v) is 8.34. The van der Waals surface area contributed by atoms with Crippen LogP contribution in [0.1, 0.15) is 53.9 Å². The van der Waals surface area contributed by atoms with Crippen LogP contribution < -0.4 is 10.6 Å². The van der Waals surface area contributed by atoms with Crippen LogP contribution in [0.5, 0.6) is 0 Å². The number of halogens is 3. The Morgan fingerprint density at radius 1 is 0.977 bits per heavy atom. The lowest BCUT2D eigenvalue weighted by molar-refractivity contribution is -0.139. The first kappa shape index (κ1) is 31.1. The number of carboxylic acid groups (broad SMARTS) is 1. The molecule has 0 aliphatic carbocycles. The number of fused-ring (bicyclic) bond motifs is 2. The van der Waals surface area contributed by atoms with Gasteiger partial charge in [0.25, 0.3) is 17.7 Å². The largest absolute Gasteiger partial charge is 0.480 e. The van der Waals surface area contributed by atoms with Crippen LogP contribution >= 0.6 is 34.8 Å². The minimum absolute atomic E-state index is 0.0164. The Balaban J connectivity index is 1.30. The normalized spacial score (nSPS) is 13.2. The molecule has 4 aromatic rings. The van der Waals surface area contributed by atoms with Crippen LogP contribution in [0.3, 0.4) is 0 Å². The lowest BCUT2D eigenvalue weighted by Gasteiger charge is -2.30. The molecule has 226 valence electrons. The van der Waals surface area contributed by atoms with E-state index in [4.69, 9.17) is 34.8 Å². The maximum Gasteiger partial charge on any atom is 0.328 e. The standard InChI is InChI=1S/C31H25Cl3N4O6/c1-16(39)38-15-22(21-4-2-3-5-25(21)38)28(40)35-13-24(31(43)44)36-29(41)26-23(33)12-18-14-37(11-10-20(18)27(26)34)30(42)17-6-8-19(32)9-7-17/h2-9,12,15,24H,10-11,13-14H2,1H3,(H,35,40)(H,36,41)(H,43,44)/t24-/m0/s1. The van der Waals surface area contributed by atoms with E-state index in [0.717, 1.165) is 0 Å². The van der Waals surface area contributed by atoms with Gasteiger partial charge in [-0.1, -0.05) is 53.0 Å². The molecule has 3 amide bonds. The van der Waals surface area contributed by atoms with Crippen molar-refractivity contribution in [1.29, 1.82) is 0 Å². The number of hydrogen-bond acceptors (Lipinski definition) is 5. The summed E-state index contributed by atoms with van der Waals surface area (Å²) in [5, 5.41) is 15.8. The second kappa shape index (κ2) is 12.7. The van der Waals surface area contributed by atoms with Crippen molar-refractivity contribution >= 4 is 75.3 Å². The number of carbonyl (C=O) groups is 5. The van der Waals surface area contributed by atoms with Crippen LogP contribution in [0, 0.1) is 0 Å². The number of hydrogen-bond donors (Lipinski definition) is 3. The van der Waals surface area contributed by atoms with Crippen molar-refractivity contribution in [3.05, 3.63) is 104 Å². The maximum absolute atomic E-state index is 13.3. The van der Waals surface area contributed by atoms with Gasteiger partial charge >= 0.3 is 5.97 Å². The van der Waals surface area contributed by atoms with Gasteiger partial charge < -0.3 is 20.6 Å². The molecule has 1 aliphatic heterocycles. The fourth-order valence-electron chi connectivity index (χ4n) is 5.15. The fourth-order valence-corrected chi connectivity index (χ4v) is 6.04. The first-order valence-corrected chi connectivity index (χ1v) is 14.6. The first-order valence-electron chi connectivity index (χ1n) is 13.4. The number of aliphatic carboxylic acids is 1. The summed E-state index contributed by atoms with van der Waals surface area (Å²) in [5.74, 6) is -3.35. The van der Waals surface area contributed by atoms with Crippen molar-refractivity contribution in [1.82, 2.24) is 20.1 Å². The Bertz CT molecular complexity index is 1840. The topological polar surface area (TPSA) is 138 Å². The molecule has 13 heteroatoms. The average molecular weight is 656 g/mol. The van der Waals surface area contributed by atoms with Gasteiger partial charge in [-0.3, -0.25) is 23.7 Å². The van der Waals surface area contributed by atoms with E-state index in [1.165, 1.54) is 17.7 Å². The van der Waals surface area contributed by atoms with E-state index in [9.17, 15) is 29.1 Å². The molecule has 0 saturated carbocycles. The monoisotopic (exact) mass is 654 g/mol. The van der Waals surface area contributed by atoms with E-state index in [1.54, 1.807) is 59.5 Å². The SMILES string of the molecule is CC(=O)n1cc(C(=O)NC[C@H](NC(=O)c2c(Cl)cc3c(c2Cl)CCN(C(=O)c2ccc(Cl)cc2)C3)C(=O)O)c2ccccc21. The highest BCUT2D eigenvalue weighted by atomic mass is 35.5. The van der Waals surface area contributed by atoms with Crippen molar-refractivity contribution in [2.24, 2.45) is 0 Å². The van der Waals surface area contributed by atoms with E-state index in [1.807, 2.05) is 0 Å². The van der Waals surface area contributed by atoms with Crippen LogP contribution in [0.15, 0.2) is 60.8 Å². The molecule has 2 heterocycles. The minimum Gasteiger partial charge on any atom is -0.480 e. The number of aromatic nitrogens is 1. The van der Waals surface area contributed by atoms with Gasteiger partial charge in [0.15, 0.2) is 0 Å². The second-order valence-electron chi connectivity index (χ2n) is 10.2. The molecule has 0 spiro atoms. The molecule has 3 N–H and O–H groups in total. The molecule has 1 aliphatic rings. The summed E-state index contributed by atoms with van der Waals surface area (Å²) in [6, 6.07) is 13.4. The number of benzene rings is 3. The zero-order chi connectivity index (χ0) is 31.7. The summed E-state index contributed by atoms with van der Waals surface area (Å²) in [7, 11) is 0. The van der Waals surface area contributed by atoms with Gasteiger partial charge in [0, 0.05) is 48.7 Å². The predicted molar refractivity (Wildman–Crippen MR) is 166 cm³/mol. The second-order valence-corrected chi connectivity index (χ2v) is 11.4. The summed E-state index contributed by atoms with van der Waals surface area (Å²) >= 11 is 19.0. The van der Waals surface area contributed by atoms with Crippen LogP contribution in [0.2, 0.25) is 15.1 Å². The van der Waals surface area contributed by atoms with E-state index in [0.29, 0.717) is 45.6 Å². The van der Waals surface area contributed by atoms with Crippen molar-refractivity contribution < 1.29 is 29.1 Å². The average Bonchev–Trinajstić information content (AvgIpc) is 3.39. The molecule has 0 fully saturated rings. The molecule has 0 radical (unpaired) electrons. The molecule has 10 nitrogen and oxygen atoms in total. The number of carboxylic acids is 1. The summed E-state index contributed by atoms with van der Waals surface area (Å²) in [6.45, 7) is 1.45. The highest BCUT2D eigenvalue weighted by molar-refractivity contribution is 6.40. The Kier molecular flexibility index (Phi) is 8.96. The molecule has 1 atom stereocenters. The third kappa shape index (κ3) is 6.14. The van der Waals surface area contributed by atoms with Crippen LogP contribution in [0.25, 0.3) is 10.9 Å². The van der Waals surface area contributed by atoms with Gasteiger partial charge in [-0.05, 0) is 53.9 Å². The van der Waals surface area contributed by atoms with E-state index in [-0.39, 0.29) is 39.5 Å². The molecule has 0 saturated heterocycles. The van der Waals surface area contributed by atoms with Gasteiger partial charge in [-0.2, -0.15) is 0 Å². The maximum atomic E-state index is 13.3. The van der Waals surface area contributed by atoms with E-state index in [2.05, 4.69) is 10.6 Å². The zero-order valence-electron chi connectivity index (χ0n) is 23.2. The van der Waals surface area contributed by atoms with Crippen molar-refractivity contribution in [3.63, 3.8) is 0 Å². The molecule has 44 heavy (non-hydrogen) atoms. The first-order chi connectivity index (χ1) is 21.0. The Morgan fingerprint density at radius 3 is 2.36 bits per heavy atom. The Labute approximate surface area is 266 Å². The van der Waals surface area contributed by atoms with E-state index >= 15 is 0 Å². The molecule has 0 unspecified atom stereocenters. The third-order valence-electron chi connectivity index (χ3n) is 7.38. The van der Waals surface area contributed by atoms with Crippen LogP contribution in [0.4, 0.5) is 0 Å². The molecular weight excluding hydrogens is 631 g/mol. The summed E-state index contributed by atoms with van der Waals surface area (Å²) in [4.78, 5) is 65.0. The van der Waals surface area contributed by atoms with E-state index < -0.39 is 30.4 Å². The highest BCUT2D eigenvalue weighted by Crippen LogP contribution is 2.35. The fraction of sp³-hybridized carbons (Fsp3) is 0.194. The van der Waals surface area contributed by atoms with Crippen LogP contribution in [-0.4, -0.2) is 63.3 Å². The van der Waals surface area contributed by atoms with Crippen molar-refractivity contribution in [3.8, 4) is 0 Å². The Hall–Kier alpha value is -4.38. The molecule has 1 aromatic heterocycles. The number of nitrogens with one attached hydrogen (secondary N) is 2. The van der Waals surface area contributed by atoms with Crippen molar-refractivity contribution in [2.75, 3.05) is 13.1 Å². The van der Waals surface area contributed by atoms with Gasteiger partial charge in [0.05, 0.1) is 26.7 Å². The lowest BCUT2D eigenvalue weighted by Crippen LogP contribution is -2.48. The smallest absolute Gasteiger partial charge is 0.328 e. The van der Waals surface area contributed by atoms with Gasteiger partial charge in [0.1, 0.15) is 6.04 Å². The molecule has 0 bridgehead atoms. The van der Waals surface area contributed by atoms with Gasteiger partial charge in [-0.25, -0.2) is 4.79 Å². The summed E-state index contributed by atoms with van der Waals surface area (Å²) in [5.41, 5.74) is 2.37. The summed E-state index contributed by atoms with van der Waals surface area (Å²) < 4.78 is 1.33. The zero-order valence-corrected chi connectivity index (χ0v) is 25.5. The number of carbonyl (C=O) groups excluding carboxylic acids is 4. The number of nitrogens with zero attached hydrogens (tertiary/aromatic N) is 2.